The minimum atomic E-state index is -3.87. The Morgan fingerprint density at radius 2 is 1.19 bits per heavy atom. The van der Waals surface area contributed by atoms with Gasteiger partial charge in [-0.15, -0.1) is 0 Å². The molecule has 1 atom stereocenters. The van der Waals surface area contributed by atoms with Crippen molar-refractivity contribution in [3.05, 3.63) is 138 Å². The van der Waals surface area contributed by atoms with Crippen molar-refractivity contribution in [3.63, 3.8) is 0 Å². The largest absolute Gasteiger partial charge is 0.297 e. The fourth-order valence-corrected chi connectivity index (χ4v) is 6.44. The molecule has 0 radical (unpaired) electrons. The van der Waals surface area contributed by atoms with Gasteiger partial charge in [-0.3, -0.25) is 9.08 Å². The van der Waals surface area contributed by atoms with Crippen LogP contribution in [0.5, 0.6) is 0 Å². The third-order valence-electron chi connectivity index (χ3n) is 7.00. The van der Waals surface area contributed by atoms with Crippen molar-refractivity contribution < 1.29 is 12.6 Å². The van der Waals surface area contributed by atoms with Crippen LogP contribution in [0.15, 0.2) is 120 Å². The van der Waals surface area contributed by atoms with Crippen molar-refractivity contribution in [1.29, 1.82) is 0 Å². The lowest BCUT2D eigenvalue weighted by Crippen LogP contribution is -2.54. The highest BCUT2D eigenvalue weighted by molar-refractivity contribution is 7.86. The van der Waals surface area contributed by atoms with Crippen LogP contribution in [0.25, 0.3) is 0 Å². The number of aryl methyl sites for hydroxylation is 1. The second-order valence-electron chi connectivity index (χ2n) is 9.38. The lowest BCUT2D eigenvalue weighted by Gasteiger charge is -2.48. The molecule has 184 valence electrons. The van der Waals surface area contributed by atoms with E-state index in [9.17, 15) is 8.42 Å². The molecular formula is C31H31NO3S. The summed E-state index contributed by atoms with van der Waals surface area (Å²) >= 11 is 0. The summed E-state index contributed by atoms with van der Waals surface area (Å²) in [5, 5.41) is 0. The first kappa shape index (κ1) is 24.4. The zero-order chi connectivity index (χ0) is 25.0. The van der Waals surface area contributed by atoms with Crippen molar-refractivity contribution in [2.45, 2.75) is 36.3 Å². The van der Waals surface area contributed by atoms with Crippen LogP contribution in [0.3, 0.4) is 0 Å². The summed E-state index contributed by atoms with van der Waals surface area (Å²) in [6.07, 6.45) is 1.08. The van der Waals surface area contributed by atoms with Crippen molar-refractivity contribution in [1.82, 2.24) is 4.90 Å². The van der Waals surface area contributed by atoms with Gasteiger partial charge < -0.3 is 0 Å². The van der Waals surface area contributed by atoms with Crippen LogP contribution in [0.4, 0.5) is 0 Å². The smallest absolute Gasteiger partial charge is 0.283 e. The first-order valence-corrected chi connectivity index (χ1v) is 13.8. The molecule has 0 saturated carbocycles. The van der Waals surface area contributed by atoms with E-state index in [2.05, 4.69) is 77.7 Å². The Morgan fingerprint density at radius 1 is 0.722 bits per heavy atom. The first-order chi connectivity index (χ1) is 17.5. The Balaban J connectivity index is 1.57. The van der Waals surface area contributed by atoms with Crippen LogP contribution in [0.2, 0.25) is 0 Å². The highest BCUT2D eigenvalue weighted by Crippen LogP contribution is 2.44. The van der Waals surface area contributed by atoms with Gasteiger partial charge in [-0.2, -0.15) is 8.42 Å². The monoisotopic (exact) mass is 497 g/mol. The fraction of sp³-hybridized carbons (Fsp3) is 0.226. The Bertz CT molecular complexity index is 1280. The van der Waals surface area contributed by atoms with Gasteiger partial charge in [-0.05, 0) is 55.1 Å². The molecule has 0 bridgehead atoms. The minimum Gasteiger partial charge on any atom is -0.283 e. The van der Waals surface area contributed by atoms with Crippen molar-refractivity contribution in [3.8, 4) is 0 Å². The quantitative estimate of drug-likeness (QED) is 0.227. The summed E-state index contributed by atoms with van der Waals surface area (Å²) in [5.74, 6) is 0. The minimum absolute atomic E-state index is 0.200. The molecule has 0 aromatic heterocycles. The van der Waals surface area contributed by atoms with Crippen molar-refractivity contribution in [2.75, 3.05) is 13.1 Å². The summed E-state index contributed by atoms with van der Waals surface area (Å²) < 4.78 is 32.1. The molecule has 1 saturated heterocycles. The van der Waals surface area contributed by atoms with Gasteiger partial charge in [-0.25, -0.2) is 0 Å². The molecule has 1 aliphatic rings. The van der Waals surface area contributed by atoms with Crippen LogP contribution in [0.1, 0.15) is 35.1 Å². The molecule has 5 heteroatoms. The Hall–Kier alpha value is -3.25. The molecule has 4 nitrogen and oxygen atoms in total. The van der Waals surface area contributed by atoms with E-state index in [0.717, 1.165) is 35.2 Å². The molecule has 36 heavy (non-hydrogen) atoms. The highest BCUT2D eigenvalue weighted by Gasteiger charge is 2.44. The number of nitrogens with zero attached hydrogens (tertiary/aromatic N) is 1. The maximum absolute atomic E-state index is 13.1. The molecule has 0 aliphatic carbocycles. The van der Waals surface area contributed by atoms with Crippen LogP contribution < -0.4 is 0 Å². The second kappa shape index (κ2) is 10.4. The van der Waals surface area contributed by atoms with Crippen LogP contribution >= 0.6 is 0 Å². The second-order valence-corrected chi connectivity index (χ2v) is 11.0. The van der Waals surface area contributed by atoms with E-state index in [1.165, 1.54) is 0 Å². The predicted octanol–water partition coefficient (Wildman–Crippen LogP) is 6.16. The van der Waals surface area contributed by atoms with Gasteiger partial charge in [0.1, 0.15) is 0 Å². The lowest BCUT2D eigenvalue weighted by atomic mass is 9.74. The summed E-state index contributed by atoms with van der Waals surface area (Å²) in [5.41, 5.74) is 3.86. The van der Waals surface area contributed by atoms with Gasteiger partial charge in [0, 0.05) is 6.54 Å². The molecule has 0 N–H and O–H groups in total. The SMILES string of the molecule is Cc1ccc(S(=O)(=O)OC2CCCN(C(c3ccccc3)(c3ccccc3)c3ccccc3)C2)cc1. The molecule has 4 aromatic carbocycles. The summed E-state index contributed by atoms with van der Waals surface area (Å²) in [4.78, 5) is 2.59. The Morgan fingerprint density at radius 3 is 1.67 bits per heavy atom. The Labute approximate surface area is 214 Å². The van der Waals surface area contributed by atoms with E-state index >= 15 is 0 Å². The number of benzene rings is 4. The van der Waals surface area contributed by atoms with E-state index in [1.807, 2.05) is 25.1 Å². The summed E-state index contributed by atoms with van der Waals surface area (Å²) in [6.45, 7) is 3.25. The van der Waals surface area contributed by atoms with E-state index in [0.29, 0.717) is 13.0 Å². The van der Waals surface area contributed by atoms with Crippen LogP contribution in [0, 0.1) is 6.92 Å². The third kappa shape index (κ3) is 4.74. The topological polar surface area (TPSA) is 46.6 Å². The van der Waals surface area contributed by atoms with Gasteiger partial charge in [0.05, 0.1) is 16.5 Å². The van der Waals surface area contributed by atoms with Gasteiger partial charge in [0.2, 0.25) is 0 Å². The molecule has 4 aromatic rings. The predicted molar refractivity (Wildman–Crippen MR) is 143 cm³/mol. The van der Waals surface area contributed by atoms with Crippen LogP contribution in [-0.2, 0) is 19.8 Å². The maximum Gasteiger partial charge on any atom is 0.297 e. The Kier molecular flexibility index (Phi) is 7.06. The van der Waals surface area contributed by atoms with Crippen molar-refractivity contribution in [2.24, 2.45) is 0 Å². The molecule has 1 fully saturated rings. The molecule has 1 aliphatic heterocycles. The summed E-state index contributed by atoms with van der Waals surface area (Å²) in [7, 11) is -3.87. The molecule has 5 rings (SSSR count). The third-order valence-corrected chi connectivity index (χ3v) is 8.37. The molecule has 0 spiro atoms. The highest BCUT2D eigenvalue weighted by atomic mass is 32.2. The van der Waals surface area contributed by atoms with E-state index in [4.69, 9.17) is 4.18 Å². The molecule has 1 unspecified atom stereocenters. The normalized spacial score (nSPS) is 17.1. The number of piperidine rings is 1. The zero-order valence-corrected chi connectivity index (χ0v) is 21.3. The zero-order valence-electron chi connectivity index (χ0n) is 20.5. The van der Waals surface area contributed by atoms with Gasteiger partial charge in [-0.1, -0.05) is 109 Å². The van der Waals surface area contributed by atoms with Gasteiger partial charge in [0.25, 0.3) is 10.1 Å². The summed E-state index contributed by atoms with van der Waals surface area (Å²) in [6, 6.07) is 38.3. The maximum atomic E-state index is 13.1. The first-order valence-electron chi connectivity index (χ1n) is 12.4. The number of rotatable bonds is 7. The number of hydrogen-bond donors (Lipinski definition) is 0. The number of likely N-dealkylation sites (tertiary alicyclic amines) is 1. The fourth-order valence-electron chi connectivity index (χ4n) is 5.35. The van der Waals surface area contributed by atoms with E-state index in [1.54, 1.807) is 24.3 Å². The van der Waals surface area contributed by atoms with Crippen molar-refractivity contribution >= 4 is 10.1 Å². The number of hydrogen-bond acceptors (Lipinski definition) is 4. The molecule has 0 amide bonds. The van der Waals surface area contributed by atoms with Gasteiger partial charge >= 0.3 is 0 Å². The molecular weight excluding hydrogens is 466 g/mol. The lowest BCUT2D eigenvalue weighted by molar-refractivity contribution is 0.0463. The van der Waals surface area contributed by atoms with E-state index in [-0.39, 0.29) is 4.90 Å². The average molecular weight is 498 g/mol. The molecule has 1 heterocycles. The standard InChI is InChI=1S/C31H31NO3S/c1-25-19-21-30(22-20-25)36(33,34)35-29-18-11-23-32(24-29)31(26-12-5-2-6-13-26,27-14-7-3-8-15-27)28-16-9-4-10-17-28/h2-10,12-17,19-22,29H,11,18,23-24H2,1H3. The van der Waals surface area contributed by atoms with E-state index < -0.39 is 21.8 Å². The van der Waals surface area contributed by atoms with Gasteiger partial charge in [0.15, 0.2) is 0 Å². The average Bonchev–Trinajstić information content (AvgIpc) is 2.91. The van der Waals surface area contributed by atoms with Crippen LogP contribution in [-0.4, -0.2) is 32.5 Å².